The molecule has 0 aromatic heterocycles. The monoisotopic (exact) mass is 234 g/mol. The molecular formula is C14H22N2O. The van der Waals surface area contributed by atoms with Crippen LogP contribution in [0.5, 0.6) is 0 Å². The molecule has 0 fully saturated rings. The van der Waals surface area contributed by atoms with Gasteiger partial charge >= 0.3 is 0 Å². The minimum absolute atomic E-state index is 0.132. The molecule has 17 heavy (non-hydrogen) atoms. The second kappa shape index (κ2) is 7.07. The molecule has 1 aromatic rings. The third kappa shape index (κ3) is 6.07. The first-order chi connectivity index (χ1) is 8.08. The number of nitrogens with zero attached hydrogens (tertiary/aromatic N) is 1. The number of carbonyl (C=O) groups excluding carboxylic acids is 1. The fourth-order valence-corrected chi connectivity index (χ4v) is 1.52. The largest absolute Gasteiger partial charge is 0.355 e. The normalized spacial score (nSPS) is 10.6. The predicted octanol–water partition coefficient (Wildman–Crippen LogP) is 1.61. The van der Waals surface area contributed by atoms with E-state index in [1.807, 2.05) is 14.1 Å². The molecule has 0 bridgehead atoms. The number of nitrogens with one attached hydrogen (secondary N) is 1. The van der Waals surface area contributed by atoms with Crippen molar-refractivity contribution in [3.63, 3.8) is 0 Å². The summed E-state index contributed by atoms with van der Waals surface area (Å²) in [5, 5.41) is 2.92. The van der Waals surface area contributed by atoms with E-state index in [-0.39, 0.29) is 5.91 Å². The van der Waals surface area contributed by atoms with Gasteiger partial charge < -0.3 is 10.2 Å². The van der Waals surface area contributed by atoms with Crippen LogP contribution in [-0.4, -0.2) is 38.0 Å². The number of amides is 1. The van der Waals surface area contributed by atoms with Gasteiger partial charge in [-0.3, -0.25) is 4.79 Å². The van der Waals surface area contributed by atoms with E-state index in [1.165, 1.54) is 11.1 Å². The Bertz CT molecular complexity index is 344. The lowest BCUT2D eigenvalue weighted by molar-refractivity contribution is -0.121. The smallest absolute Gasteiger partial charge is 0.220 e. The minimum atomic E-state index is 0.132. The number of benzene rings is 1. The topological polar surface area (TPSA) is 32.3 Å². The van der Waals surface area contributed by atoms with Crippen LogP contribution in [0.1, 0.15) is 17.5 Å². The summed E-state index contributed by atoms with van der Waals surface area (Å²) in [6.07, 6.45) is 1.38. The molecule has 0 spiro atoms. The van der Waals surface area contributed by atoms with Crippen molar-refractivity contribution in [3.05, 3.63) is 35.4 Å². The van der Waals surface area contributed by atoms with Gasteiger partial charge in [0.2, 0.25) is 5.91 Å². The molecule has 0 radical (unpaired) electrons. The Morgan fingerprint density at radius 2 is 1.88 bits per heavy atom. The Morgan fingerprint density at radius 1 is 1.24 bits per heavy atom. The molecule has 94 valence electrons. The van der Waals surface area contributed by atoms with Crippen molar-refractivity contribution in [3.8, 4) is 0 Å². The van der Waals surface area contributed by atoms with Crippen molar-refractivity contribution < 1.29 is 4.79 Å². The molecule has 1 N–H and O–H groups in total. The van der Waals surface area contributed by atoms with Gasteiger partial charge in [-0.1, -0.05) is 29.8 Å². The Labute approximate surface area is 104 Å². The van der Waals surface area contributed by atoms with Crippen molar-refractivity contribution in [2.24, 2.45) is 0 Å². The molecule has 0 saturated carbocycles. The maximum Gasteiger partial charge on any atom is 0.220 e. The summed E-state index contributed by atoms with van der Waals surface area (Å²) < 4.78 is 0. The number of carbonyl (C=O) groups is 1. The summed E-state index contributed by atoms with van der Waals surface area (Å²) in [5.74, 6) is 0.132. The van der Waals surface area contributed by atoms with E-state index in [2.05, 4.69) is 41.4 Å². The molecule has 0 heterocycles. The quantitative estimate of drug-likeness (QED) is 0.811. The molecule has 3 heteroatoms. The number of likely N-dealkylation sites (N-methyl/N-ethyl adjacent to an activating group) is 1. The second-order valence-electron chi connectivity index (χ2n) is 4.64. The molecule has 0 aliphatic carbocycles. The lowest BCUT2D eigenvalue weighted by Crippen LogP contribution is -2.31. The van der Waals surface area contributed by atoms with Gasteiger partial charge in [-0.25, -0.2) is 0 Å². The van der Waals surface area contributed by atoms with Crippen molar-refractivity contribution in [2.75, 3.05) is 27.2 Å². The van der Waals surface area contributed by atoms with Crippen LogP contribution in [0, 0.1) is 6.92 Å². The summed E-state index contributed by atoms with van der Waals surface area (Å²) in [5.41, 5.74) is 2.47. The SMILES string of the molecule is Cc1ccc(CCC(=O)NCCN(C)C)cc1. The highest BCUT2D eigenvalue weighted by atomic mass is 16.1. The zero-order valence-corrected chi connectivity index (χ0v) is 11.0. The van der Waals surface area contributed by atoms with Crippen molar-refractivity contribution in [1.82, 2.24) is 10.2 Å². The molecule has 1 amide bonds. The molecule has 1 rings (SSSR count). The number of hydrogen-bond donors (Lipinski definition) is 1. The van der Waals surface area contributed by atoms with Gasteiger partial charge in [0.15, 0.2) is 0 Å². The van der Waals surface area contributed by atoms with Crippen LogP contribution in [-0.2, 0) is 11.2 Å². The zero-order valence-electron chi connectivity index (χ0n) is 11.0. The summed E-state index contributed by atoms with van der Waals surface area (Å²) in [6, 6.07) is 8.34. The molecule has 0 atom stereocenters. The highest BCUT2D eigenvalue weighted by molar-refractivity contribution is 5.76. The fourth-order valence-electron chi connectivity index (χ4n) is 1.52. The zero-order chi connectivity index (χ0) is 12.7. The van der Waals surface area contributed by atoms with E-state index >= 15 is 0 Å². The van der Waals surface area contributed by atoms with Crippen molar-refractivity contribution in [2.45, 2.75) is 19.8 Å². The first kappa shape index (κ1) is 13.7. The summed E-state index contributed by atoms with van der Waals surface area (Å²) in [6.45, 7) is 3.67. The maximum absolute atomic E-state index is 11.5. The van der Waals surface area contributed by atoms with Crippen molar-refractivity contribution >= 4 is 5.91 Å². The standard InChI is InChI=1S/C14H22N2O/c1-12-4-6-13(7-5-12)8-9-14(17)15-10-11-16(2)3/h4-7H,8-11H2,1-3H3,(H,15,17). The molecule has 0 saturated heterocycles. The number of rotatable bonds is 6. The summed E-state index contributed by atoms with van der Waals surface area (Å²) in [4.78, 5) is 13.6. The summed E-state index contributed by atoms with van der Waals surface area (Å²) in [7, 11) is 4.00. The van der Waals surface area contributed by atoms with Crippen LogP contribution in [0.25, 0.3) is 0 Å². The Kier molecular flexibility index (Phi) is 5.70. The highest BCUT2D eigenvalue weighted by Gasteiger charge is 2.01. The Hall–Kier alpha value is -1.35. The molecule has 0 unspecified atom stereocenters. The number of hydrogen-bond acceptors (Lipinski definition) is 2. The number of aryl methyl sites for hydroxylation is 2. The second-order valence-corrected chi connectivity index (χ2v) is 4.64. The van der Waals surface area contributed by atoms with Crippen LogP contribution in [0.2, 0.25) is 0 Å². The molecule has 1 aromatic carbocycles. The van der Waals surface area contributed by atoms with Crippen LogP contribution >= 0.6 is 0 Å². The molecule has 3 nitrogen and oxygen atoms in total. The van der Waals surface area contributed by atoms with Gasteiger partial charge in [-0.2, -0.15) is 0 Å². The van der Waals surface area contributed by atoms with Gasteiger partial charge in [0.05, 0.1) is 0 Å². The Balaban J connectivity index is 2.21. The fraction of sp³-hybridized carbons (Fsp3) is 0.500. The van der Waals surface area contributed by atoms with E-state index < -0.39 is 0 Å². The van der Waals surface area contributed by atoms with E-state index in [1.54, 1.807) is 0 Å². The van der Waals surface area contributed by atoms with Gasteiger partial charge in [-0.15, -0.1) is 0 Å². The molecular weight excluding hydrogens is 212 g/mol. The minimum Gasteiger partial charge on any atom is -0.355 e. The van der Waals surface area contributed by atoms with Crippen molar-refractivity contribution in [1.29, 1.82) is 0 Å². The van der Waals surface area contributed by atoms with Gasteiger partial charge in [0, 0.05) is 19.5 Å². The summed E-state index contributed by atoms with van der Waals surface area (Å²) >= 11 is 0. The Morgan fingerprint density at radius 3 is 2.47 bits per heavy atom. The van der Waals surface area contributed by atoms with E-state index in [0.29, 0.717) is 6.42 Å². The predicted molar refractivity (Wildman–Crippen MR) is 71.1 cm³/mol. The van der Waals surface area contributed by atoms with Gasteiger partial charge in [0.25, 0.3) is 0 Å². The van der Waals surface area contributed by atoms with Crippen LogP contribution in [0.3, 0.4) is 0 Å². The lowest BCUT2D eigenvalue weighted by atomic mass is 10.1. The highest BCUT2D eigenvalue weighted by Crippen LogP contribution is 2.05. The van der Waals surface area contributed by atoms with Crippen LogP contribution < -0.4 is 5.32 Å². The van der Waals surface area contributed by atoms with Gasteiger partial charge in [0.1, 0.15) is 0 Å². The van der Waals surface area contributed by atoms with E-state index in [4.69, 9.17) is 0 Å². The van der Waals surface area contributed by atoms with E-state index in [9.17, 15) is 4.79 Å². The first-order valence-corrected chi connectivity index (χ1v) is 6.05. The van der Waals surface area contributed by atoms with Gasteiger partial charge in [-0.05, 0) is 33.0 Å². The maximum atomic E-state index is 11.5. The third-order valence-corrected chi connectivity index (χ3v) is 2.64. The first-order valence-electron chi connectivity index (χ1n) is 6.05. The average molecular weight is 234 g/mol. The third-order valence-electron chi connectivity index (χ3n) is 2.64. The average Bonchev–Trinajstić information content (AvgIpc) is 2.28. The van der Waals surface area contributed by atoms with Crippen LogP contribution in [0.4, 0.5) is 0 Å². The molecule has 0 aliphatic heterocycles. The molecule has 0 aliphatic rings. The van der Waals surface area contributed by atoms with E-state index in [0.717, 1.165) is 19.5 Å². The van der Waals surface area contributed by atoms with Crippen LogP contribution in [0.15, 0.2) is 24.3 Å². The lowest BCUT2D eigenvalue weighted by Gasteiger charge is -2.10.